The van der Waals surface area contributed by atoms with Crippen LogP contribution in [-0.4, -0.2) is 21.9 Å². The van der Waals surface area contributed by atoms with E-state index in [4.69, 9.17) is 16.0 Å². The fourth-order valence-corrected chi connectivity index (χ4v) is 3.78. The number of nitrogens with one attached hydrogen (secondary N) is 1. The summed E-state index contributed by atoms with van der Waals surface area (Å²) in [5.41, 5.74) is 2.69. The molecule has 0 aliphatic heterocycles. The van der Waals surface area contributed by atoms with Crippen LogP contribution in [0.15, 0.2) is 94.6 Å². The van der Waals surface area contributed by atoms with E-state index in [0.717, 1.165) is 11.1 Å². The van der Waals surface area contributed by atoms with Crippen LogP contribution in [0.2, 0.25) is 5.02 Å². The quantitative estimate of drug-likeness (QED) is 0.394. The van der Waals surface area contributed by atoms with Gasteiger partial charge in [-0.15, -0.1) is 10.2 Å². The zero-order valence-electron chi connectivity index (χ0n) is 15.9. The van der Waals surface area contributed by atoms with Crippen molar-refractivity contribution >= 4 is 29.3 Å². The number of halogens is 1. The molecule has 1 amide bonds. The van der Waals surface area contributed by atoms with E-state index in [9.17, 15) is 4.79 Å². The highest BCUT2D eigenvalue weighted by Crippen LogP contribution is 2.29. The molecule has 30 heavy (non-hydrogen) atoms. The van der Waals surface area contributed by atoms with Gasteiger partial charge < -0.3 is 9.73 Å². The first-order valence-corrected chi connectivity index (χ1v) is 10.7. The number of hydrogen-bond acceptors (Lipinski definition) is 5. The number of rotatable bonds is 7. The van der Waals surface area contributed by atoms with Gasteiger partial charge in [0.15, 0.2) is 0 Å². The monoisotopic (exact) mass is 435 g/mol. The molecule has 0 saturated heterocycles. The van der Waals surface area contributed by atoms with Crippen molar-refractivity contribution in [3.63, 3.8) is 0 Å². The van der Waals surface area contributed by atoms with Crippen LogP contribution in [0.3, 0.4) is 0 Å². The Bertz CT molecular complexity index is 1080. The van der Waals surface area contributed by atoms with Gasteiger partial charge in [0, 0.05) is 0 Å². The van der Waals surface area contributed by atoms with E-state index in [2.05, 4.69) is 15.5 Å². The van der Waals surface area contributed by atoms with Crippen LogP contribution in [-0.2, 0) is 4.79 Å². The Kier molecular flexibility index (Phi) is 6.47. The Morgan fingerprint density at radius 3 is 2.13 bits per heavy atom. The van der Waals surface area contributed by atoms with Gasteiger partial charge in [0.1, 0.15) is 0 Å². The van der Waals surface area contributed by atoms with Gasteiger partial charge in [-0.1, -0.05) is 96.2 Å². The molecule has 5 nitrogen and oxygen atoms in total. The van der Waals surface area contributed by atoms with Crippen molar-refractivity contribution in [3.8, 4) is 11.5 Å². The maximum atomic E-state index is 12.7. The number of aromatic nitrogens is 2. The summed E-state index contributed by atoms with van der Waals surface area (Å²) < 4.78 is 5.65. The number of carbonyl (C=O) groups excluding carboxylic acids is 1. The summed E-state index contributed by atoms with van der Waals surface area (Å²) in [6.45, 7) is 0. The third kappa shape index (κ3) is 4.90. The van der Waals surface area contributed by atoms with Gasteiger partial charge in [-0.2, -0.15) is 0 Å². The molecule has 150 valence electrons. The second-order valence-electron chi connectivity index (χ2n) is 6.46. The lowest BCUT2D eigenvalue weighted by atomic mass is 9.99. The summed E-state index contributed by atoms with van der Waals surface area (Å²) in [5, 5.41) is 12.0. The maximum Gasteiger partial charge on any atom is 0.277 e. The first-order chi connectivity index (χ1) is 14.7. The molecule has 4 aromatic rings. The van der Waals surface area contributed by atoms with Gasteiger partial charge in [-0.05, 0) is 23.3 Å². The summed E-state index contributed by atoms with van der Waals surface area (Å²) in [6.07, 6.45) is 0. The number of thioether (sulfide) groups is 1. The lowest BCUT2D eigenvalue weighted by Crippen LogP contribution is -2.30. The molecule has 0 aliphatic rings. The summed E-state index contributed by atoms with van der Waals surface area (Å²) in [4.78, 5) is 12.7. The van der Waals surface area contributed by atoms with Crippen molar-refractivity contribution in [2.24, 2.45) is 0 Å². The molecular formula is C23H18ClN3O2S. The number of amides is 1. The number of carbonyl (C=O) groups is 1. The molecule has 0 aliphatic carbocycles. The van der Waals surface area contributed by atoms with E-state index in [-0.39, 0.29) is 17.7 Å². The standard InChI is InChI=1S/C23H18ClN3O2S/c24-19-14-8-7-13-18(19)22-26-27-23(29-22)30-15-20(28)25-21(16-9-3-1-4-10-16)17-11-5-2-6-12-17/h1-14,21H,15H2,(H,25,28). The Morgan fingerprint density at radius 2 is 1.50 bits per heavy atom. The lowest BCUT2D eigenvalue weighted by Gasteiger charge is -2.19. The molecule has 0 bridgehead atoms. The van der Waals surface area contributed by atoms with Crippen LogP contribution < -0.4 is 5.32 Å². The second-order valence-corrected chi connectivity index (χ2v) is 7.80. The lowest BCUT2D eigenvalue weighted by molar-refractivity contribution is -0.119. The fraction of sp³-hybridized carbons (Fsp3) is 0.0870. The van der Waals surface area contributed by atoms with Crippen LogP contribution in [0.25, 0.3) is 11.5 Å². The predicted molar refractivity (Wildman–Crippen MR) is 118 cm³/mol. The molecular weight excluding hydrogens is 418 g/mol. The minimum atomic E-state index is -0.234. The summed E-state index contributed by atoms with van der Waals surface area (Å²) in [5.74, 6) is 0.352. The van der Waals surface area contributed by atoms with Gasteiger partial charge in [-0.25, -0.2) is 0 Å². The molecule has 1 aromatic heterocycles. The predicted octanol–water partition coefficient (Wildman–Crippen LogP) is 5.39. The van der Waals surface area contributed by atoms with Crippen molar-refractivity contribution in [1.29, 1.82) is 0 Å². The van der Waals surface area contributed by atoms with E-state index in [1.807, 2.05) is 72.8 Å². The number of nitrogens with zero attached hydrogens (tertiary/aromatic N) is 2. The second kappa shape index (κ2) is 9.61. The van der Waals surface area contributed by atoms with Crippen LogP contribution in [0.5, 0.6) is 0 Å². The van der Waals surface area contributed by atoms with E-state index in [1.165, 1.54) is 11.8 Å². The smallest absolute Gasteiger partial charge is 0.277 e. The van der Waals surface area contributed by atoms with Crippen LogP contribution in [0, 0.1) is 0 Å². The highest BCUT2D eigenvalue weighted by atomic mass is 35.5. The molecule has 0 spiro atoms. The van der Waals surface area contributed by atoms with Gasteiger partial charge in [0.25, 0.3) is 5.22 Å². The van der Waals surface area contributed by atoms with Crippen molar-refractivity contribution in [2.75, 3.05) is 5.75 Å². The summed E-state index contributed by atoms with van der Waals surface area (Å²) in [6, 6.07) is 26.7. The third-order valence-corrected chi connectivity index (χ3v) is 5.56. The van der Waals surface area contributed by atoms with Gasteiger partial charge in [0.05, 0.1) is 22.4 Å². The minimum Gasteiger partial charge on any atom is -0.411 e. The SMILES string of the molecule is O=C(CSc1nnc(-c2ccccc2Cl)o1)NC(c1ccccc1)c1ccccc1. The molecule has 1 N–H and O–H groups in total. The van der Waals surface area contributed by atoms with Crippen molar-refractivity contribution in [2.45, 2.75) is 11.3 Å². The summed E-state index contributed by atoms with van der Waals surface area (Å²) in [7, 11) is 0. The topological polar surface area (TPSA) is 68.0 Å². The molecule has 4 rings (SSSR count). The first kappa shape index (κ1) is 20.2. The Balaban J connectivity index is 1.43. The molecule has 0 fully saturated rings. The molecule has 7 heteroatoms. The molecule has 0 saturated carbocycles. The summed E-state index contributed by atoms with van der Waals surface area (Å²) >= 11 is 7.36. The van der Waals surface area contributed by atoms with Gasteiger partial charge in [0.2, 0.25) is 11.8 Å². The van der Waals surface area contributed by atoms with Crippen molar-refractivity contribution in [3.05, 3.63) is 101 Å². The maximum absolute atomic E-state index is 12.7. The zero-order valence-corrected chi connectivity index (χ0v) is 17.4. The Morgan fingerprint density at radius 1 is 0.900 bits per heavy atom. The fourth-order valence-electron chi connectivity index (χ4n) is 2.99. The Hall–Kier alpha value is -3.09. The molecule has 0 radical (unpaired) electrons. The average molecular weight is 436 g/mol. The highest BCUT2D eigenvalue weighted by Gasteiger charge is 2.18. The third-order valence-electron chi connectivity index (χ3n) is 4.41. The normalized spacial score (nSPS) is 10.9. The van der Waals surface area contributed by atoms with Crippen LogP contribution >= 0.6 is 23.4 Å². The van der Waals surface area contributed by atoms with Crippen molar-refractivity contribution in [1.82, 2.24) is 15.5 Å². The zero-order chi connectivity index (χ0) is 20.8. The van der Waals surface area contributed by atoms with Crippen LogP contribution in [0.1, 0.15) is 17.2 Å². The van der Waals surface area contributed by atoms with E-state index >= 15 is 0 Å². The van der Waals surface area contributed by atoms with E-state index < -0.39 is 0 Å². The van der Waals surface area contributed by atoms with Gasteiger partial charge in [-0.3, -0.25) is 4.79 Å². The van der Waals surface area contributed by atoms with Gasteiger partial charge >= 0.3 is 0 Å². The van der Waals surface area contributed by atoms with E-state index in [0.29, 0.717) is 21.7 Å². The number of benzene rings is 3. The van der Waals surface area contributed by atoms with Crippen LogP contribution in [0.4, 0.5) is 0 Å². The van der Waals surface area contributed by atoms with E-state index in [1.54, 1.807) is 12.1 Å². The van der Waals surface area contributed by atoms with Crippen molar-refractivity contribution < 1.29 is 9.21 Å². The largest absolute Gasteiger partial charge is 0.411 e. The Labute approximate surface area is 183 Å². The molecule has 1 heterocycles. The highest BCUT2D eigenvalue weighted by molar-refractivity contribution is 7.99. The number of hydrogen-bond donors (Lipinski definition) is 1. The minimum absolute atomic E-state index is 0.129. The molecule has 0 atom stereocenters. The first-order valence-electron chi connectivity index (χ1n) is 9.31. The molecule has 3 aromatic carbocycles. The molecule has 0 unspecified atom stereocenters. The average Bonchev–Trinajstić information content (AvgIpc) is 3.26.